The van der Waals surface area contributed by atoms with Crippen LogP contribution in [0.2, 0.25) is 0 Å². The molecule has 0 heterocycles. The van der Waals surface area contributed by atoms with Gasteiger partial charge in [-0.15, -0.1) is 0 Å². The molecule has 0 radical (unpaired) electrons. The molecule has 0 rings (SSSR count). The zero-order valence-corrected chi connectivity index (χ0v) is 6.54. The maximum Gasteiger partial charge on any atom is 0.0639 e. The molecule has 0 aromatic rings. The van der Waals surface area contributed by atoms with Crippen molar-refractivity contribution in [3.63, 3.8) is 0 Å². The Kier molecular flexibility index (Phi) is 4.91. The van der Waals surface area contributed by atoms with Gasteiger partial charge in [-0.1, -0.05) is 6.92 Å². The first kappa shape index (κ1) is 9.41. The normalized spacial score (nSPS) is 13.1. The van der Waals surface area contributed by atoms with E-state index >= 15 is 0 Å². The molecule has 0 spiro atoms. The minimum absolute atomic E-state index is 0.00926. The van der Waals surface area contributed by atoms with E-state index in [1.54, 1.807) is 0 Å². The minimum Gasteiger partial charge on any atom is -0.395 e. The van der Waals surface area contributed by atoms with Gasteiger partial charge >= 0.3 is 0 Å². The SMILES string of the molecule is CCN(C)C(CO)CC#N. The fourth-order valence-electron chi connectivity index (χ4n) is 0.723. The van der Waals surface area contributed by atoms with E-state index in [4.69, 9.17) is 10.4 Å². The van der Waals surface area contributed by atoms with Gasteiger partial charge in [0.15, 0.2) is 0 Å². The third-order valence-corrected chi connectivity index (χ3v) is 1.66. The third-order valence-electron chi connectivity index (χ3n) is 1.66. The Balaban J connectivity index is 3.70. The van der Waals surface area contributed by atoms with E-state index in [0.717, 1.165) is 6.54 Å². The van der Waals surface area contributed by atoms with Crippen molar-refractivity contribution in [2.45, 2.75) is 19.4 Å². The van der Waals surface area contributed by atoms with Crippen LogP contribution < -0.4 is 0 Å². The second kappa shape index (κ2) is 5.21. The van der Waals surface area contributed by atoms with Gasteiger partial charge in [-0.05, 0) is 13.6 Å². The van der Waals surface area contributed by atoms with Crippen molar-refractivity contribution in [3.05, 3.63) is 0 Å². The van der Waals surface area contributed by atoms with Crippen molar-refractivity contribution in [1.82, 2.24) is 4.90 Å². The van der Waals surface area contributed by atoms with E-state index in [1.165, 1.54) is 0 Å². The molecule has 1 unspecified atom stereocenters. The van der Waals surface area contributed by atoms with Crippen LogP contribution in [-0.2, 0) is 0 Å². The summed E-state index contributed by atoms with van der Waals surface area (Å²) in [4.78, 5) is 1.96. The Morgan fingerprint density at radius 1 is 1.70 bits per heavy atom. The van der Waals surface area contributed by atoms with E-state index in [1.807, 2.05) is 24.9 Å². The van der Waals surface area contributed by atoms with Gasteiger partial charge in [-0.25, -0.2) is 0 Å². The lowest BCUT2D eigenvalue weighted by atomic mass is 10.2. The second-order valence-electron chi connectivity index (χ2n) is 2.27. The number of hydrogen-bond donors (Lipinski definition) is 1. The van der Waals surface area contributed by atoms with Gasteiger partial charge in [-0.2, -0.15) is 5.26 Å². The summed E-state index contributed by atoms with van der Waals surface area (Å²) >= 11 is 0. The molecule has 0 aliphatic heterocycles. The highest BCUT2D eigenvalue weighted by Gasteiger charge is 2.10. The highest BCUT2D eigenvalue weighted by Crippen LogP contribution is 1.98. The molecule has 1 N–H and O–H groups in total. The molecule has 0 aliphatic rings. The summed E-state index contributed by atoms with van der Waals surface area (Å²) in [6.07, 6.45) is 0.404. The lowest BCUT2D eigenvalue weighted by Crippen LogP contribution is -2.34. The summed E-state index contributed by atoms with van der Waals surface area (Å²) in [5.41, 5.74) is 0. The molecule has 0 fully saturated rings. The van der Waals surface area contributed by atoms with Crippen LogP contribution in [0.15, 0.2) is 0 Å². The molecule has 58 valence electrons. The summed E-state index contributed by atoms with van der Waals surface area (Å²) in [6.45, 7) is 2.94. The lowest BCUT2D eigenvalue weighted by molar-refractivity contribution is 0.155. The summed E-state index contributed by atoms with van der Waals surface area (Å²) in [6, 6.07) is 2.04. The average molecular weight is 142 g/mol. The number of likely N-dealkylation sites (N-methyl/N-ethyl adjacent to an activating group) is 1. The van der Waals surface area contributed by atoms with E-state index in [0.29, 0.717) is 6.42 Å². The summed E-state index contributed by atoms with van der Waals surface area (Å²) in [7, 11) is 1.90. The van der Waals surface area contributed by atoms with Crippen LogP contribution in [0.5, 0.6) is 0 Å². The molecule has 0 aromatic carbocycles. The predicted molar refractivity (Wildman–Crippen MR) is 39.4 cm³/mol. The van der Waals surface area contributed by atoms with Crippen LogP contribution in [0, 0.1) is 11.3 Å². The van der Waals surface area contributed by atoms with Crippen LogP contribution in [0.25, 0.3) is 0 Å². The average Bonchev–Trinajstić information content (AvgIpc) is 1.99. The summed E-state index contributed by atoms with van der Waals surface area (Å²) < 4.78 is 0. The first-order chi connectivity index (χ1) is 4.76. The molecular weight excluding hydrogens is 128 g/mol. The van der Waals surface area contributed by atoms with E-state index in [-0.39, 0.29) is 12.6 Å². The smallest absolute Gasteiger partial charge is 0.0639 e. The van der Waals surface area contributed by atoms with Gasteiger partial charge in [0.2, 0.25) is 0 Å². The molecule has 0 saturated carbocycles. The molecule has 3 nitrogen and oxygen atoms in total. The zero-order valence-electron chi connectivity index (χ0n) is 6.54. The maximum absolute atomic E-state index is 8.77. The molecule has 1 atom stereocenters. The van der Waals surface area contributed by atoms with Gasteiger partial charge in [-0.3, -0.25) is 0 Å². The number of aliphatic hydroxyl groups is 1. The zero-order chi connectivity index (χ0) is 7.98. The molecule has 0 aliphatic carbocycles. The van der Waals surface area contributed by atoms with Crippen molar-refractivity contribution >= 4 is 0 Å². The van der Waals surface area contributed by atoms with Crippen LogP contribution in [0.3, 0.4) is 0 Å². The molecule has 3 heteroatoms. The monoisotopic (exact) mass is 142 g/mol. The first-order valence-corrected chi connectivity index (χ1v) is 3.44. The van der Waals surface area contributed by atoms with Crippen molar-refractivity contribution in [2.24, 2.45) is 0 Å². The number of aliphatic hydroxyl groups excluding tert-OH is 1. The lowest BCUT2D eigenvalue weighted by Gasteiger charge is -2.21. The highest BCUT2D eigenvalue weighted by molar-refractivity contribution is 4.80. The van der Waals surface area contributed by atoms with Gasteiger partial charge in [0.25, 0.3) is 0 Å². The highest BCUT2D eigenvalue weighted by atomic mass is 16.3. The number of nitrogens with zero attached hydrogens (tertiary/aromatic N) is 2. The molecule has 0 aromatic heterocycles. The second-order valence-corrected chi connectivity index (χ2v) is 2.27. The van der Waals surface area contributed by atoms with Crippen LogP contribution in [-0.4, -0.2) is 36.2 Å². The molecule has 0 bridgehead atoms. The molecule has 0 saturated heterocycles. The number of rotatable bonds is 4. The van der Waals surface area contributed by atoms with E-state index in [2.05, 4.69) is 0 Å². The number of hydrogen-bond acceptors (Lipinski definition) is 3. The Bertz CT molecular complexity index is 119. The summed E-state index contributed by atoms with van der Waals surface area (Å²) in [5.74, 6) is 0. The van der Waals surface area contributed by atoms with Crippen LogP contribution >= 0.6 is 0 Å². The van der Waals surface area contributed by atoms with Crippen molar-refractivity contribution in [2.75, 3.05) is 20.2 Å². The molecular formula is C7H14N2O. The quantitative estimate of drug-likeness (QED) is 0.610. The van der Waals surface area contributed by atoms with Gasteiger partial charge in [0, 0.05) is 6.04 Å². The van der Waals surface area contributed by atoms with Crippen molar-refractivity contribution < 1.29 is 5.11 Å². The predicted octanol–water partition coefficient (Wildman–Crippen LogP) is 0.213. The van der Waals surface area contributed by atoms with Crippen molar-refractivity contribution in [3.8, 4) is 6.07 Å². The first-order valence-electron chi connectivity index (χ1n) is 3.44. The maximum atomic E-state index is 8.77. The number of nitriles is 1. The van der Waals surface area contributed by atoms with Gasteiger partial charge in [0.05, 0.1) is 19.1 Å². The summed E-state index contributed by atoms with van der Waals surface area (Å²) in [5, 5.41) is 17.1. The Morgan fingerprint density at radius 2 is 2.30 bits per heavy atom. The Morgan fingerprint density at radius 3 is 2.60 bits per heavy atom. The largest absolute Gasteiger partial charge is 0.395 e. The van der Waals surface area contributed by atoms with E-state index in [9.17, 15) is 0 Å². The molecule has 10 heavy (non-hydrogen) atoms. The fraction of sp³-hybridized carbons (Fsp3) is 0.857. The molecule has 0 amide bonds. The van der Waals surface area contributed by atoms with Crippen LogP contribution in [0.1, 0.15) is 13.3 Å². The fourth-order valence-corrected chi connectivity index (χ4v) is 0.723. The van der Waals surface area contributed by atoms with Crippen LogP contribution in [0.4, 0.5) is 0 Å². The van der Waals surface area contributed by atoms with E-state index < -0.39 is 0 Å². The van der Waals surface area contributed by atoms with Gasteiger partial charge < -0.3 is 10.0 Å². The minimum atomic E-state index is 0.00926. The van der Waals surface area contributed by atoms with Gasteiger partial charge in [0.1, 0.15) is 0 Å². The Labute approximate surface area is 61.9 Å². The standard InChI is InChI=1S/C7H14N2O/c1-3-9(2)7(6-10)4-5-8/h7,10H,3-4,6H2,1-2H3. The Hall–Kier alpha value is -0.590. The topological polar surface area (TPSA) is 47.3 Å². The third kappa shape index (κ3) is 2.81. The van der Waals surface area contributed by atoms with Crippen molar-refractivity contribution in [1.29, 1.82) is 5.26 Å².